The van der Waals surface area contributed by atoms with Crippen molar-refractivity contribution in [3.05, 3.63) is 23.9 Å². The summed E-state index contributed by atoms with van der Waals surface area (Å²) in [5, 5.41) is 12.7. The minimum Gasteiger partial charge on any atom is -0.390 e. The van der Waals surface area contributed by atoms with E-state index in [-0.39, 0.29) is 11.9 Å². The maximum Gasteiger partial charge on any atom is 0.255 e. The molecule has 21 heavy (non-hydrogen) atoms. The fraction of sp³-hybridized carbons (Fsp3) is 0.600. The van der Waals surface area contributed by atoms with E-state index in [4.69, 9.17) is 4.74 Å². The Bertz CT molecular complexity index is 519. The van der Waals surface area contributed by atoms with Gasteiger partial charge in [-0.05, 0) is 31.9 Å². The largest absolute Gasteiger partial charge is 0.390 e. The van der Waals surface area contributed by atoms with Gasteiger partial charge in [-0.3, -0.25) is 4.79 Å². The van der Waals surface area contributed by atoms with E-state index < -0.39 is 5.60 Å². The van der Waals surface area contributed by atoms with Crippen LogP contribution in [0.5, 0.6) is 0 Å². The van der Waals surface area contributed by atoms with Gasteiger partial charge in [0.15, 0.2) is 0 Å². The van der Waals surface area contributed by atoms with Crippen molar-refractivity contribution in [2.75, 3.05) is 31.2 Å². The van der Waals surface area contributed by atoms with Crippen molar-refractivity contribution >= 4 is 11.7 Å². The van der Waals surface area contributed by atoms with Crippen LogP contribution in [0.15, 0.2) is 18.3 Å². The maximum absolute atomic E-state index is 12.4. The van der Waals surface area contributed by atoms with Gasteiger partial charge in [-0.25, -0.2) is 4.98 Å². The van der Waals surface area contributed by atoms with Crippen molar-refractivity contribution < 1.29 is 14.6 Å². The third kappa shape index (κ3) is 3.16. The number of rotatable bonds is 3. The van der Waals surface area contributed by atoms with Crippen LogP contribution in [-0.4, -0.2) is 53.9 Å². The molecule has 1 aromatic heterocycles. The van der Waals surface area contributed by atoms with Crippen molar-refractivity contribution in [1.29, 1.82) is 0 Å². The van der Waals surface area contributed by atoms with Crippen LogP contribution in [0.25, 0.3) is 0 Å². The zero-order chi connectivity index (χ0) is 14.9. The number of aromatic nitrogens is 1. The highest BCUT2D eigenvalue weighted by Gasteiger charge is 2.39. The molecule has 114 valence electrons. The van der Waals surface area contributed by atoms with E-state index in [2.05, 4.69) is 15.2 Å². The Balaban J connectivity index is 1.71. The molecule has 0 atom stereocenters. The van der Waals surface area contributed by atoms with E-state index in [0.717, 1.165) is 13.1 Å². The summed E-state index contributed by atoms with van der Waals surface area (Å²) in [4.78, 5) is 18.9. The van der Waals surface area contributed by atoms with Crippen LogP contribution in [0.1, 0.15) is 30.1 Å². The van der Waals surface area contributed by atoms with Gasteiger partial charge in [0.25, 0.3) is 5.91 Å². The van der Waals surface area contributed by atoms with Crippen LogP contribution in [0.3, 0.4) is 0 Å². The normalized spacial score (nSPS) is 28.9. The molecule has 0 unspecified atom stereocenters. The summed E-state index contributed by atoms with van der Waals surface area (Å²) in [6.45, 7) is 4.59. The number of carbonyl (C=O) groups is 1. The number of nitrogens with zero attached hydrogens (tertiary/aromatic N) is 2. The Morgan fingerprint density at radius 3 is 2.86 bits per heavy atom. The Morgan fingerprint density at radius 2 is 2.19 bits per heavy atom. The number of pyridine rings is 1. The minimum absolute atomic E-state index is 0.0465. The summed E-state index contributed by atoms with van der Waals surface area (Å²) >= 11 is 0. The number of morpholine rings is 1. The van der Waals surface area contributed by atoms with Crippen LogP contribution in [0, 0.1) is 0 Å². The molecule has 6 nitrogen and oxygen atoms in total. The predicted octanol–water partition coefficient (Wildman–Crippen LogP) is 0.561. The zero-order valence-corrected chi connectivity index (χ0v) is 12.2. The van der Waals surface area contributed by atoms with Gasteiger partial charge in [0.1, 0.15) is 5.82 Å². The summed E-state index contributed by atoms with van der Waals surface area (Å²) in [6.07, 6.45) is 2.91. The number of nitrogens with one attached hydrogen (secondary N) is 1. The van der Waals surface area contributed by atoms with Crippen molar-refractivity contribution in [3.8, 4) is 0 Å². The molecule has 1 saturated heterocycles. The first-order chi connectivity index (χ1) is 10.1. The Labute approximate surface area is 124 Å². The average molecular weight is 291 g/mol. The molecule has 6 heteroatoms. The van der Waals surface area contributed by atoms with Crippen molar-refractivity contribution in [2.45, 2.75) is 31.4 Å². The molecule has 1 aromatic rings. The minimum atomic E-state index is -0.639. The fourth-order valence-corrected chi connectivity index (χ4v) is 2.97. The van der Waals surface area contributed by atoms with E-state index >= 15 is 0 Å². The number of hydrogen-bond acceptors (Lipinski definition) is 5. The smallest absolute Gasteiger partial charge is 0.255 e. The lowest BCUT2D eigenvalue weighted by Crippen LogP contribution is -2.53. The summed E-state index contributed by atoms with van der Waals surface area (Å²) < 4.78 is 5.34. The molecular formula is C15H21N3O3. The lowest BCUT2D eigenvalue weighted by Gasteiger charge is -2.41. The molecule has 2 heterocycles. The third-order valence-electron chi connectivity index (χ3n) is 4.05. The maximum atomic E-state index is 12.4. The zero-order valence-electron chi connectivity index (χ0n) is 12.2. The second-order valence-electron chi connectivity index (χ2n) is 6.05. The molecule has 1 saturated carbocycles. The standard InChI is InChI=1S/C15H21N3O3/c1-15(20)9-11(10-15)17-14(19)12-3-2-4-16-13(12)18-5-7-21-8-6-18/h2-4,11,20H,5-10H2,1H3,(H,17,19). The molecule has 2 aliphatic rings. The highest BCUT2D eigenvalue weighted by atomic mass is 16.5. The lowest BCUT2D eigenvalue weighted by molar-refractivity contribution is -0.0366. The van der Waals surface area contributed by atoms with Crippen LogP contribution in [0.4, 0.5) is 5.82 Å². The van der Waals surface area contributed by atoms with Gasteiger partial charge in [0.05, 0.1) is 24.4 Å². The molecule has 0 spiro atoms. The molecule has 0 aromatic carbocycles. The van der Waals surface area contributed by atoms with Gasteiger partial charge in [0.2, 0.25) is 0 Å². The first-order valence-corrected chi connectivity index (χ1v) is 7.36. The highest BCUT2D eigenvalue weighted by molar-refractivity contribution is 5.99. The molecule has 2 N–H and O–H groups in total. The summed E-state index contributed by atoms with van der Waals surface area (Å²) in [5.74, 6) is 0.592. The molecule has 3 rings (SSSR count). The number of ether oxygens (including phenoxy) is 1. The molecule has 0 bridgehead atoms. The van der Waals surface area contributed by atoms with E-state index in [1.165, 1.54) is 0 Å². The number of hydrogen-bond donors (Lipinski definition) is 2. The second kappa shape index (κ2) is 5.61. The second-order valence-corrected chi connectivity index (χ2v) is 6.05. The van der Waals surface area contributed by atoms with E-state index in [9.17, 15) is 9.90 Å². The van der Waals surface area contributed by atoms with Crippen LogP contribution < -0.4 is 10.2 Å². The summed E-state index contributed by atoms with van der Waals surface area (Å²) in [5.41, 5.74) is -0.0501. The van der Waals surface area contributed by atoms with E-state index in [0.29, 0.717) is 37.4 Å². The SMILES string of the molecule is CC1(O)CC(NC(=O)c2cccnc2N2CCOCC2)C1. The van der Waals surface area contributed by atoms with Gasteiger partial charge in [-0.1, -0.05) is 0 Å². The van der Waals surface area contributed by atoms with Crippen LogP contribution in [-0.2, 0) is 4.74 Å². The Morgan fingerprint density at radius 1 is 1.48 bits per heavy atom. The molecular weight excluding hydrogens is 270 g/mol. The van der Waals surface area contributed by atoms with E-state index in [1.54, 1.807) is 25.3 Å². The van der Waals surface area contributed by atoms with Gasteiger partial charge >= 0.3 is 0 Å². The predicted molar refractivity (Wildman–Crippen MR) is 78.4 cm³/mol. The topological polar surface area (TPSA) is 74.7 Å². The number of carbonyl (C=O) groups excluding carboxylic acids is 1. The third-order valence-corrected chi connectivity index (χ3v) is 4.05. The number of amides is 1. The van der Waals surface area contributed by atoms with Crippen LogP contribution in [0.2, 0.25) is 0 Å². The van der Waals surface area contributed by atoms with Gasteiger partial charge in [0, 0.05) is 25.3 Å². The molecule has 1 aliphatic carbocycles. The lowest BCUT2D eigenvalue weighted by atomic mass is 9.77. The van der Waals surface area contributed by atoms with Gasteiger partial charge in [-0.2, -0.15) is 0 Å². The van der Waals surface area contributed by atoms with Crippen LogP contribution >= 0.6 is 0 Å². The summed E-state index contributed by atoms with van der Waals surface area (Å²) in [7, 11) is 0. The van der Waals surface area contributed by atoms with Crippen molar-refractivity contribution in [3.63, 3.8) is 0 Å². The monoisotopic (exact) mass is 291 g/mol. The fourth-order valence-electron chi connectivity index (χ4n) is 2.97. The molecule has 2 fully saturated rings. The van der Waals surface area contributed by atoms with Gasteiger partial charge < -0.3 is 20.1 Å². The molecule has 0 radical (unpaired) electrons. The molecule has 1 amide bonds. The first-order valence-electron chi connectivity index (χ1n) is 7.36. The van der Waals surface area contributed by atoms with Gasteiger partial charge in [-0.15, -0.1) is 0 Å². The van der Waals surface area contributed by atoms with Crippen molar-refractivity contribution in [2.24, 2.45) is 0 Å². The number of anilines is 1. The quantitative estimate of drug-likeness (QED) is 0.851. The highest BCUT2D eigenvalue weighted by Crippen LogP contribution is 2.31. The molecule has 1 aliphatic heterocycles. The first kappa shape index (κ1) is 14.3. The Kier molecular flexibility index (Phi) is 3.82. The average Bonchev–Trinajstić information content (AvgIpc) is 2.46. The van der Waals surface area contributed by atoms with E-state index in [1.807, 2.05) is 0 Å². The van der Waals surface area contributed by atoms with Crippen molar-refractivity contribution in [1.82, 2.24) is 10.3 Å². The Hall–Kier alpha value is -1.66. The summed E-state index contributed by atoms with van der Waals surface area (Å²) in [6, 6.07) is 3.62. The number of aliphatic hydroxyl groups is 1.